The molecule has 1 heterocycles. The van der Waals surface area contributed by atoms with Crippen molar-refractivity contribution in [3.8, 4) is 5.88 Å². The lowest BCUT2D eigenvalue weighted by Gasteiger charge is -2.04. The smallest absolute Gasteiger partial charge is 0.325 e. The number of para-hydroxylation sites is 1. The molecule has 8 heteroatoms. The van der Waals surface area contributed by atoms with Crippen LogP contribution in [0.25, 0.3) is 10.9 Å². The number of rotatable bonds is 3. The van der Waals surface area contributed by atoms with E-state index in [2.05, 4.69) is 27.2 Å². The number of ether oxygens (including phenoxy) is 1. The minimum atomic E-state index is -0.487. The topological polar surface area (TPSA) is 102 Å². The molecule has 2 aromatic rings. The minimum Gasteiger partial charge on any atom is -0.493 e. The molecule has 0 aliphatic carbocycles. The van der Waals surface area contributed by atoms with Crippen LogP contribution in [-0.4, -0.2) is 27.9 Å². The van der Waals surface area contributed by atoms with Gasteiger partial charge in [-0.15, -0.1) is 10.2 Å². The van der Waals surface area contributed by atoms with Crippen LogP contribution >= 0.6 is 12.2 Å². The molecule has 0 saturated carbocycles. The number of aromatic hydroxyl groups is 1. The van der Waals surface area contributed by atoms with Gasteiger partial charge in [0.05, 0.1) is 12.6 Å². The van der Waals surface area contributed by atoms with Crippen LogP contribution in [0.4, 0.5) is 5.69 Å². The molecule has 0 unspecified atom stereocenters. The van der Waals surface area contributed by atoms with E-state index in [4.69, 9.17) is 5.73 Å². The molecule has 0 radical (unpaired) electrons. The first-order valence-electron chi connectivity index (χ1n) is 5.62. The van der Waals surface area contributed by atoms with Crippen molar-refractivity contribution in [3.63, 3.8) is 0 Å². The Morgan fingerprint density at radius 2 is 2.20 bits per heavy atom. The SMILES string of the molecule is COC(=O)Cn1c(O)c(N=NC(N)=S)c2ccccc21. The summed E-state index contributed by atoms with van der Waals surface area (Å²) in [6.45, 7) is -0.133. The molecule has 20 heavy (non-hydrogen) atoms. The Morgan fingerprint density at radius 1 is 1.50 bits per heavy atom. The number of hydrogen-bond donors (Lipinski definition) is 2. The number of carbonyl (C=O) groups excluding carboxylic acids is 1. The highest BCUT2D eigenvalue weighted by atomic mass is 32.1. The molecule has 0 spiro atoms. The maximum atomic E-state index is 11.4. The van der Waals surface area contributed by atoms with E-state index in [1.54, 1.807) is 24.3 Å². The molecule has 7 nitrogen and oxygen atoms in total. The third-order valence-electron chi connectivity index (χ3n) is 2.68. The Kier molecular flexibility index (Phi) is 3.94. The number of methoxy groups -OCH3 is 1. The van der Waals surface area contributed by atoms with Crippen molar-refractivity contribution in [2.45, 2.75) is 6.54 Å². The second-order valence-corrected chi connectivity index (χ2v) is 4.31. The fourth-order valence-corrected chi connectivity index (χ4v) is 1.86. The first kappa shape index (κ1) is 13.9. The Morgan fingerprint density at radius 3 is 2.85 bits per heavy atom. The molecule has 2 rings (SSSR count). The number of nitrogens with two attached hydrogens (primary N) is 1. The number of hydrogen-bond acceptors (Lipinski definition) is 5. The van der Waals surface area contributed by atoms with Crippen LogP contribution in [0.1, 0.15) is 0 Å². The van der Waals surface area contributed by atoms with Crippen LogP contribution in [-0.2, 0) is 16.1 Å². The first-order valence-corrected chi connectivity index (χ1v) is 6.03. The fourth-order valence-electron chi connectivity index (χ4n) is 1.82. The summed E-state index contributed by atoms with van der Waals surface area (Å²) >= 11 is 4.61. The molecule has 1 aromatic carbocycles. The fraction of sp³-hybridized carbons (Fsp3) is 0.167. The Balaban J connectivity index is 2.61. The Bertz CT molecular complexity index is 708. The molecule has 1 aromatic heterocycles. The maximum absolute atomic E-state index is 11.4. The van der Waals surface area contributed by atoms with Gasteiger partial charge in [0.15, 0.2) is 5.69 Å². The molecule has 0 fully saturated rings. The van der Waals surface area contributed by atoms with E-state index in [1.165, 1.54) is 11.7 Å². The third-order valence-corrected chi connectivity index (χ3v) is 2.76. The Labute approximate surface area is 119 Å². The van der Waals surface area contributed by atoms with Gasteiger partial charge >= 0.3 is 5.97 Å². The zero-order valence-corrected chi connectivity index (χ0v) is 11.4. The van der Waals surface area contributed by atoms with Crippen molar-refractivity contribution in [1.29, 1.82) is 0 Å². The summed E-state index contributed by atoms with van der Waals surface area (Å²) in [4.78, 5) is 11.4. The quantitative estimate of drug-likeness (QED) is 0.510. The number of nitrogens with zero attached hydrogens (tertiary/aromatic N) is 3. The number of azo groups is 1. The second-order valence-electron chi connectivity index (χ2n) is 3.89. The Hall–Kier alpha value is -2.48. The summed E-state index contributed by atoms with van der Waals surface area (Å²) in [5.74, 6) is -0.685. The van der Waals surface area contributed by atoms with Crippen molar-refractivity contribution in [3.05, 3.63) is 24.3 Å². The summed E-state index contributed by atoms with van der Waals surface area (Å²) in [5.41, 5.74) is 6.09. The van der Waals surface area contributed by atoms with Gasteiger partial charge in [-0.05, 0) is 18.3 Å². The summed E-state index contributed by atoms with van der Waals surface area (Å²) in [7, 11) is 1.28. The average Bonchev–Trinajstić information content (AvgIpc) is 2.69. The number of thiocarbonyl (C=S) groups is 1. The molecule has 104 valence electrons. The van der Waals surface area contributed by atoms with Gasteiger partial charge in [-0.25, -0.2) is 0 Å². The van der Waals surface area contributed by atoms with E-state index >= 15 is 0 Å². The van der Waals surface area contributed by atoms with Gasteiger partial charge in [-0.1, -0.05) is 18.2 Å². The van der Waals surface area contributed by atoms with Gasteiger partial charge in [0, 0.05) is 5.39 Å². The van der Waals surface area contributed by atoms with E-state index in [9.17, 15) is 9.90 Å². The van der Waals surface area contributed by atoms with E-state index in [1.807, 2.05) is 0 Å². The van der Waals surface area contributed by atoms with Crippen molar-refractivity contribution < 1.29 is 14.6 Å². The lowest BCUT2D eigenvalue weighted by atomic mass is 10.2. The highest BCUT2D eigenvalue weighted by molar-refractivity contribution is 7.80. The maximum Gasteiger partial charge on any atom is 0.325 e. The van der Waals surface area contributed by atoms with Crippen LogP contribution in [0.5, 0.6) is 5.88 Å². The van der Waals surface area contributed by atoms with Gasteiger partial charge in [-0.2, -0.15) is 0 Å². The molecule has 0 aliphatic rings. The van der Waals surface area contributed by atoms with Gasteiger partial charge in [0.1, 0.15) is 6.54 Å². The van der Waals surface area contributed by atoms with Crippen LogP contribution in [0.2, 0.25) is 0 Å². The van der Waals surface area contributed by atoms with Crippen molar-refractivity contribution in [1.82, 2.24) is 4.57 Å². The monoisotopic (exact) mass is 292 g/mol. The zero-order chi connectivity index (χ0) is 14.7. The molecule has 0 aliphatic heterocycles. The molecular weight excluding hydrogens is 280 g/mol. The van der Waals surface area contributed by atoms with E-state index < -0.39 is 5.97 Å². The molecule has 3 N–H and O–H groups in total. The number of fused-ring (bicyclic) bond motifs is 1. The number of benzene rings is 1. The molecule has 0 saturated heterocycles. The minimum absolute atomic E-state index is 0.133. The number of aromatic nitrogens is 1. The van der Waals surface area contributed by atoms with Crippen LogP contribution in [0.15, 0.2) is 34.5 Å². The highest BCUT2D eigenvalue weighted by Crippen LogP contribution is 2.38. The largest absolute Gasteiger partial charge is 0.493 e. The average molecular weight is 292 g/mol. The summed E-state index contributed by atoms with van der Waals surface area (Å²) in [6, 6.07) is 7.06. The van der Waals surface area contributed by atoms with Gasteiger partial charge in [0.2, 0.25) is 11.0 Å². The summed E-state index contributed by atoms with van der Waals surface area (Å²) in [6.07, 6.45) is 0. The second kappa shape index (κ2) is 5.66. The zero-order valence-electron chi connectivity index (χ0n) is 10.6. The molecule has 0 atom stereocenters. The van der Waals surface area contributed by atoms with E-state index in [-0.39, 0.29) is 23.2 Å². The van der Waals surface area contributed by atoms with Crippen LogP contribution in [0, 0.1) is 0 Å². The van der Waals surface area contributed by atoms with Gasteiger partial charge in [0.25, 0.3) is 0 Å². The highest BCUT2D eigenvalue weighted by Gasteiger charge is 2.18. The normalized spacial score (nSPS) is 11.1. The lowest BCUT2D eigenvalue weighted by Crippen LogP contribution is -2.10. The van der Waals surface area contributed by atoms with Crippen molar-refractivity contribution in [2.75, 3.05) is 7.11 Å². The number of carbonyl (C=O) groups is 1. The summed E-state index contributed by atoms with van der Waals surface area (Å²) in [5, 5.41) is 18.1. The van der Waals surface area contributed by atoms with E-state index in [0.29, 0.717) is 10.9 Å². The van der Waals surface area contributed by atoms with E-state index in [0.717, 1.165) is 0 Å². The standard InChI is InChI=1S/C12H12N4O3S/c1-19-9(17)6-16-8-5-3-2-4-7(8)10(11(16)18)14-15-12(13)20/h2-5,18H,6H2,1H3,(H2,13,20). The first-order chi connectivity index (χ1) is 9.54. The van der Waals surface area contributed by atoms with Crippen molar-refractivity contribution >= 4 is 39.9 Å². The molecule has 0 bridgehead atoms. The molecule has 0 amide bonds. The van der Waals surface area contributed by atoms with Crippen molar-refractivity contribution in [2.24, 2.45) is 16.0 Å². The lowest BCUT2D eigenvalue weighted by molar-refractivity contribution is -0.141. The van der Waals surface area contributed by atoms with Crippen LogP contribution < -0.4 is 5.73 Å². The van der Waals surface area contributed by atoms with Gasteiger partial charge in [-0.3, -0.25) is 9.36 Å². The predicted molar refractivity (Wildman–Crippen MR) is 76.9 cm³/mol. The number of esters is 1. The molecular formula is C12H12N4O3S. The van der Waals surface area contributed by atoms with Gasteiger partial charge < -0.3 is 15.6 Å². The summed E-state index contributed by atoms with van der Waals surface area (Å²) < 4.78 is 5.98. The third kappa shape index (κ3) is 2.59. The predicted octanol–water partition coefficient (Wildman–Crippen LogP) is 1.85. The van der Waals surface area contributed by atoms with Crippen LogP contribution in [0.3, 0.4) is 0 Å².